The lowest BCUT2D eigenvalue weighted by atomic mass is 10.1. The van der Waals surface area contributed by atoms with Gasteiger partial charge in [-0.2, -0.15) is 0 Å². The first-order chi connectivity index (χ1) is 10.0. The molecule has 2 N–H and O–H groups in total. The molecule has 0 aliphatic rings. The van der Waals surface area contributed by atoms with Gasteiger partial charge in [0, 0.05) is 6.54 Å². The highest BCUT2D eigenvalue weighted by Gasteiger charge is 2.16. The summed E-state index contributed by atoms with van der Waals surface area (Å²) in [7, 11) is 0. The summed E-state index contributed by atoms with van der Waals surface area (Å²) in [6.45, 7) is 2.32. The van der Waals surface area contributed by atoms with Gasteiger partial charge in [0.2, 0.25) is 5.88 Å². The number of benzene rings is 1. The number of nitrogens with zero attached hydrogens (tertiary/aromatic N) is 1. The van der Waals surface area contributed by atoms with Gasteiger partial charge in [-0.05, 0) is 24.1 Å². The molecule has 1 aromatic heterocycles. The largest absolute Gasteiger partial charge is 0.494 e. The second-order valence-corrected chi connectivity index (χ2v) is 4.83. The molecule has 0 spiro atoms. The van der Waals surface area contributed by atoms with E-state index in [1.807, 2.05) is 6.92 Å². The molecular weight excluding hydrogens is 275 g/mol. The Morgan fingerprint density at radius 1 is 1.29 bits per heavy atom. The van der Waals surface area contributed by atoms with Crippen molar-refractivity contribution < 1.29 is 9.50 Å². The van der Waals surface area contributed by atoms with Gasteiger partial charge in [-0.15, -0.1) is 0 Å². The van der Waals surface area contributed by atoms with Gasteiger partial charge in [0.1, 0.15) is 11.4 Å². The van der Waals surface area contributed by atoms with E-state index in [4.69, 9.17) is 0 Å². The third-order valence-corrected chi connectivity index (χ3v) is 3.27. The van der Waals surface area contributed by atoms with E-state index in [0.717, 1.165) is 23.5 Å². The Hall–Kier alpha value is -2.37. The van der Waals surface area contributed by atoms with Gasteiger partial charge in [0.15, 0.2) is 0 Å². The van der Waals surface area contributed by atoms with Crippen LogP contribution in [0.2, 0.25) is 0 Å². The highest BCUT2D eigenvalue weighted by Crippen LogP contribution is 2.24. The van der Waals surface area contributed by atoms with Crippen LogP contribution in [0.4, 0.5) is 4.39 Å². The zero-order chi connectivity index (χ0) is 15.4. The predicted molar refractivity (Wildman–Crippen MR) is 77.9 cm³/mol. The number of nitrogens with one attached hydrogen (secondary N) is 1. The molecule has 0 unspecified atom stereocenters. The Morgan fingerprint density at radius 3 is 2.71 bits per heavy atom. The zero-order valence-corrected chi connectivity index (χ0v) is 11.7. The van der Waals surface area contributed by atoms with E-state index in [1.165, 1.54) is 18.2 Å². The van der Waals surface area contributed by atoms with Crippen LogP contribution in [0, 0.1) is 5.82 Å². The average molecular weight is 292 g/mol. The first-order valence-electron chi connectivity index (χ1n) is 6.86. The Balaban J connectivity index is 2.54. The maximum Gasteiger partial charge on any atom is 0.331 e. The van der Waals surface area contributed by atoms with Crippen LogP contribution in [0.5, 0.6) is 5.88 Å². The quantitative estimate of drug-likeness (QED) is 0.830. The number of hydrogen-bond donors (Lipinski definition) is 2. The molecular formula is C15H17FN2O3. The summed E-state index contributed by atoms with van der Waals surface area (Å²) >= 11 is 0. The van der Waals surface area contributed by atoms with E-state index >= 15 is 0 Å². The van der Waals surface area contributed by atoms with Crippen LogP contribution in [0.25, 0.3) is 11.1 Å². The summed E-state index contributed by atoms with van der Waals surface area (Å²) in [6, 6.07) is 5.33. The monoisotopic (exact) mass is 292 g/mol. The molecule has 0 atom stereocenters. The summed E-state index contributed by atoms with van der Waals surface area (Å²) in [5, 5.41) is 10.2. The maximum atomic E-state index is 13.3. The zero-order valence-electron chi connectivity index (χ0n) is 11.7. The van der Waals surface area contributed by atoms with Crippen molar-refractivity contribution in [2.75, 3.05) is 0 Å². The molecule has 0 saturated heterocycles. The minimum atomic E-state index is -0.727. The van der Waals surface area contributed by atoms with Crippen molar-refractivity contribution >= 4 is 0 Å². The highest BCUT2D eigenvalue weighted by molar-refractivity contribution is 5.67. The second kappa shape index (κ2) is 6.39. The SMILES string of the molecule is CCCCCn1c(O)c(-c2cccc(F)c2)c(=O)[nH]c1=O. The summed E-state index contributed by atoms with van der Waals surface area (Å²) < 4.78 is 14.4. The van der Waals surface area contributed by atoms with Gasteiger partial charge in [0.25, 0.3) is 5.56 Å². The molecule has 1 heterocycles. The van der Waals surface area contributed by atoms with E-state index in [0.29, 0.717) is 13.0 Å². The predicted octanol–water partition coefficient (Wildman–Crippen LogP) is 2.24. The summed E-state index contributed by atoms with van der Waals surface area (Å²) in [4.78, 5) is 25.8. The number of aromatic hydroxyl groups is 1. The molecule has 0 aliphatic heterocycles. The highest BCUT2D eigenvalue weighted by atomic mass is 19.1. The normalized spacial score (nSPS) is 10.8. The number of unbranched alkanes of at least 4 members (excludes halogenated alkanes) is 2. The van der Waals surface area contributed by atoms with E-state index in [-0.39, 0.29) is 11.1 Å². The van der Waals surface area contributed by atoms with E-state index in [2.05, 4.69) is 4.98 Å². The van der Waals surface area contributed by atoms with Crippen LogP contribution in [0.1, 0.15) is 26.2 Å². The fourth-order valence-electron chi connectivity index (χ4n) is 2.19. The van der Waals surface area contributed by atoms with Crippen molar-refractivity contribution in [3.05, 3.63) is 50.9 Å². The van der Waals surface area contributed by atoms with Gasteiger partial charge in [-0.3, -0.25) is 14.3 Å². The third-order valence-electron chi connectivity index (χ3n) is 3.27. The van der Waals surface area contributed by atoms with Gasteiger partial charge >= 0.3 is 5.69 Å². The molecule has 0 amide bonds. The number of rotatable bonds is 5. The van der Waals surface area contributed by atoms with Gasteiger partial charge in [0.05, 0.1) is 0 Å². The van der Waals surface area contributed by atoms with Gasteiger partial charge in [-0.1, -0.05) is 31.9 Å². The van der Waals surface area contributed by atoms with Crippen LogP contribution in [0.15, 0.2) is 33.9 Å². The number of hydrogen-bond acceptors (Lipinski definition) is 3. The maximum absolute atomic E-state index is 13.3. The Labute approximate surface area is 120 Å². The molecule has 21 heavy (non-hydrogen) atoms. The molecule has 0 aliphatic carbocycles. The lowest BCUT2D eigenvalue weighted by molar-refractivity contribution is 0.396. The summed E-state index contributed by atoms with van der Waals surface area (Å²) in [5.41, 5.74) is -1.24. The number of H-pyrrole nitrogens is 1. The Morgan fingerprint density at radius 2 is 2.05 bits per heavy atom. The van der Waals surface area contributed by atoms with E-state index < -0.39 is 22.9 Å². The van der Waals surface area contributed by atoms with E-state index in [9.17, 15) is 19.1 Å². The lowest BCUT2D eigenvalue weighted by Crippen LogP contribution is -2.31. The fourth-order valence-corrected chi connectivity index (χ4v) is 2.19. The van der Waals surface area contributed by atoms with Crippen LogP contribution < -0.4 is 11.2 Å². The lowest BCUT2D eigenvalue weighted by Gasteiger charge is -2.11. The topological polar surface area (TPSA) is 75.1 Å². The molecule has 0 bridgehead atoms. The third kappa shape index (κ3) is 3.21. The minimum Gasteiger partial charge on any atom is -0.494 e. The molecule has 2 aromatic rings. The summed E-state index contributed by atoms with van der Waals surface area (Å²) in [5.74, 6) is -0.944. The molecule has 0 radical (unpaired) electrons. The molecule has 112 valence electrons. The molecule has 5 nitrogen and oxygen atoms in total. The standard InChI is InChI=1S/C15H17FN2O3/c1-2-3-4-8-18-14(20)12(13(19)17-15(18)21)10-6-5-7-11(16)9-10/h5-7,9,20H,2-4,8H2,1H3,(H,17,19,21). The van der Waals surface area contributed by atoms with Crippen molar-refractivity contribution in [2.45, 2.75) is 32.7 Å². The van der Waals surface area contributed by atoms with Crippen molar-refractivity contribution in [1.29, 1.82) is 0 Å². The number of halogens is 1. The van der Waals surface area contributed by atoms with Gasteiger partial charge < -0.3 is 5.11 Å². The average Bonchev–Trinajstić information content (AvgIpc) is 2.42. The van der Waals surface area contributed by atoms with Crippen LogP contribution in [-0.2, 0) is 6.54 Å². The second-order valence-electron chi connectivity index (χ2n) is 4.83. The fraction of sp³-hybridized carbons (Fsp3) is 0.333. The summed E-state index contributed by atoms with van der Waals surface area (Å²) in [6.07, 6.45) is 2.58. The minimum absolute atomic E-state index is 0.0920. The van der Waals surface area contributed by atoms with Crippen molar-refractivity contribution in [2.24, 2.45) is 0 Å². The van der Waals surface area contributed by atoms with Crippen LogP contribution in [0.3, 0.4) is 0 Å². The number of aromatic amines is 1. The van der Waals surface area contributed by atoms with Gasteiger partial charge in [-0.25, -0.2) is 9.18 Å². The van der Waals surface area contributed by atoms with Crippen LogP contribution >= 0.6 is 0 Å². The van der Waals surface area contributed by atoms with Crippen molar-refractivity contribution in [3.63, 3.8) is 0 Å². The number of aromatic nitrogens is 2. The molecule has 2 rings (SSSR count). The molecule has 1 aromatic carbocycles. The molecule has 6 heteroatoms. The first kappa shape index (κ1) is 15.0. The smallest absolute Gasteiger partial charge is 0.331 e. The van der Waals surface area contributed by atoms with Crippen molar-refractivity contribution in [3.8, 4) is 17.0 Å². The molecule has 0 saturated carbocycles. The van der Waals surface area contributed by atoms with Crippen LogP contribution in [-0.4, -0.2) is 14.7 Å². The molecule has 0 fully saturated rings. The van der Waals surface area contributed by atoms with Crippen molar-refractivity contribution in [1.82, 2.24) is 9.55 Å². The Bertz CT molecular complexity index is 749. The first-order valence-corrected chi connectivity index (χ1v) is 6.86. The van der Waals surface area contributed by atoms with E-state index in [1.54, 1.807) is 0 Å². The Kier molecular flexibility index (Phi) is 4.57.